The van der Waals surface area contributed by atoms with Gasteiger partial charge in [-0.05, 0) is 18.1 Å². The van der Waals surface area contributed by atoms with Crippen molar-refractivity contribution in [2.24, 2.45) is 0 Å². The van der Waals surface area contributed by atoms with E-state index in [1.165, 1.54) is 18.5 Å². The number of amides is 1. The van der Waals surface area contributed by atoms with Crippen LogP contribution in [0.3, 0.4) is 0 Å². The van der Waals surface area contributed by atoms with Crippen molar-refractivity contribution in [3.63, 3.8) is 0 Å². The molecule has 0 atom stereocenters. The molecule has 2 heterocycles. The third-order valence-corrected chi connectivity index (χ3v) is 2.57. The minimum absolute atomic E-state index is 0.145. The summed E-state index contributed by atoms with van der Waals surface area (Å²) in [5.74, 6) is -0.0226. The summed E-state index contributed by atoms with van der Waals surface area (Å²) < 4.78 is 0. The van der Waals surface area contributed by atoms with Gasteiger partial charge in [-0.2, -0.15) is 5.10 Å². The van der Waals surface area contributed by atoms with Crippen LogP contribution in [0, 0.1) is 0 Å². The number of pyridine rings is 1. The quantitative estimate of drug-likeness (QED) is 0.871. The maximum Gasteiger partial charge on any atom is 0.258 e. The molecule has 1 N–H and O–H groups in total. The van der Waals surface area contributed by atoms with Crippen LogP contribution in [-0.2, 0) is 0 Å². The highest BCUT2D eigenvalue weighted by atomic mass is 35.5. The van der Waals surface area contributed by atoms with Crippen LogP contribution in [0.1, 0.15) is 35.8 Å². The first-order valence-corrected chi connectivity index (χ1v) is 6.06. The molecule has 0 spiro atoms. The third kappa shape index (κ3) is 3.45. The maximum atomic E-state index is 12.0. The van der Waals surface area contributed by atoms with Crippen molar-refractivity contribution in [1.82, 2.24) is 20.2 Å². The lowest BCUT2D eigenvalue weighted by Crippen LogP contribution is -2.15. The van der Waals surface area contributed by atoms with Crippen molar-refractivity contribution >= 4 is 23.5 Å². The average molecular weight is 278 g/mol. The zero-order valence-electron chi connectivity index (χ0n) is 10.5. The van der Waals surface area contributed by atoms with Gasteiger partial charge in [-0.3, -0.25) is 10.1 Å². The van der Waals surface area contributed by atoms with Gasteiger partial charge in [-0.25, -0.2) is 9.97 Å². The Labute approximate surface area is 115 Å². The van der Waals surface area contributed by atoms with Crippen LogP contribution >= 0.6 is 11.6 Å². The molecule has 0 fully saturated rings. The highest BCUT2D eigenvalue weighted by Gasteiger charge is 2.12. The van der Waals surface area contributed by atoms with Crippen molar-refractivity contribution in [3.05, 3.63) is 40.9 Å². The van der Waals surface area contributed by atoms with E-state index in [-0.39, 0.29) is 22.9 Å². The molecule has 0 saturated heterocycles. The number of halogens is 1. The number of anilines is 1. The number of nitrogens with one attached hydrogen (secondary N) is 1. The smallest absolute Gasteiger partial charge is 0.258 e. The van der Waals surface area contributed by atoms with E-state index in [1.807, 2.05) is 13.8 Å². The number of aromatic nitrogens is 4. The molecule has 19 heavy (non-hydrogen) atoms. The zero-order valence-corrected chi connectivity index (χ0v) is 11.2. The number of hydrogen-bond donors (Lipinski definition) is 1. The van der Waals surface area contributed by atoms with E-state index < -0.39 is 0 Å². The van der Waals surface area contributed by atoms with Crippen LogP contribution in [0.4, 0.5) is 5.95 Å². The van der Waals surface area contributed by atoms with E-state index in [2.05, 4.69) is 25.5 Å². The molecule has 0 aliphatic rings. The molecule has 0 unspecified atom stereocenters. The first kappa shape index (κ1) is 13.4. The molecule has 6 nitrogen and oxygen atoms in total. The van der Waals surface area contributed by atoms with Gasteiger partial charge in [0.25, 0.3) is 5.91 Å². The minimum Gasteiger partial charge on any atom is -0.289 e. The van der Waals surface area contributed by atoms with Gasteiger partial charge in [-0.1, -0.05) is 25.4 Å². The van der Waals surface area contributed by atoms with Crippen molar-refractivity contribution in [3.8, 4) is 0 Å². The lowest BCUT2D eigenvalue weighted by atomic mass is 10.1. The van der Waals surface area contributed by atoms with Gasteiger partial charge < -0.3 is 0 Å². The molecule has 0 aromatic carbocycles. The minimum atomic E-state index is -0.348. The summed E-state index contributed by atoms with van der Waals surface area (Å²) in [6, 6.07) is 3.20. The molecule has 0 saturated carbocycles. The lowest BCUT2D eigenvalue weighted by molar-refractivity contribution is 0.102. The van der Waals surface area contributed by atoms with E-state index in [9.17, 15) is 4.79 Å². The van der Waals surface area contributed by atoms with Gasteiger partial charge in [0.15, 0.2) is 0 Å². The summed E-state index contributed by atoms with van der Waals surface area (Å²) in [5, 5.41) is 10.1. The Balaban J connectivity index is 2.24. The SMILES string of the molecule is CC(C)c1cc(C(=O)Nc2nccnn2)cc(Cl)n1. The van der Waals surface area contributed by atoms with E-state index in [0.717, 1.165) is 5.69 Å². The largest absolute Gasteiger partial charge is 0.289 e. The second kappa shape index (κ2) is 5.71. The number of carbonyl (C=O) groups is 1. The van der Waals surface area contributed by atoms with Crippen LogP contribution < -0.4 is 5.32 Å². The van der Waals surface area contributed by atoms with E-state index in [1.54, 1.807) is 6.07 Å². The monoisotopic (exact) mass is 277 g/mol. The normalized spacial score (nSPS) is 10.5. The predicted molar refractivity (Wildman–Crippen MR) is 71.1 cm³/mol. The van der Waals surface area contributed by atoms with Gasteiger partial charge in [0.05, 0.1) is 12.4 Å². The summed E-state index contributed by atoms with van der Waals surface area (Å²) in [6.07, 6.45) is 2.87. The van der Waals surface area contributed by atoms with E-state index >= 15 is 0 Å². The summed E-state index contributed by atoms with van der Waals surface area (Å²) in [7, 11) is 0. The number of hydrogen-bond acceptors (Lipinski definition) is 5. The van der Waals surface area contributed by atoms with Crippen molar-refractivity contribution in [1.29, 1.82) is 0 Å². The topological polar surface area (TPSA) is 80.7 Å². The summed E-state index contributed by atoms with van der Waals surface area (Å²) in [5.41, 5.74) is 1.17. The zero-order chi connectivity index (χ0) is 13.8. The summed E-state index contributed by atoms with van der Waals surface area (Å²) in [6.45, 7) is 3.95. The Kier molecular flexibility index (Phi) is 4.01. The van der Waals surface area contributed by atoms with Gasteiger partial charge >= 0.3 is 0 Å². The Morgan fingerprint density at radius 1 is 1.32 bits per heavy atom. The predicted octanol–water partition coefficient (Wildman–Crippen LogP) is 2.30. The molecular weight excluding hydrogens is 266 g/mol. The van der Waals surface area contributed by atoms with Crippen molar-refractivity contribution in [2.75, 3.05) is 5.32 Å². The molecule has 98 valence electrons. The summed E-state index contributed by atoms with van der Waals surface area (Å²) in [4.78, 5) is 20.1. The van der Waals surface area contributed by atoms with Crippen molar-refractivity contribution in [2.45, 2.75) is 19.8 Å². The van der Waals surface area contributed by atoms with Gasteiger partial charge in [0, 0.05) is 11.3 Å². The molecule has 7 heteroatoms. The molecule has 0 aliphatic heterocycles. The maximum absolute atomic E-state index is 12.0. The standard InChI is InChI=1S/C12H12ClN5O/c1-7(2)9-5-8(6-10(13)16-9)11(19)17-12-14-3-4-15-18-12/h3-7H,1-2H3,(H,14,17,18,19). The fraction of sp³-hybridized carbons (Fsp3) is 0.250. The van der Waals surface area contributed by atoms with Crippen LogP contribution in [0.25, 0.3) is 0 Å². The molecular formula is C12H12ClN5O. The molecule has 0 aliphatic carbocycles. The fourth-order valence-electron chi connectivity index (χ4n) is 1.42. The van der Waals surface area contributed by atoms with Gasteiger partial charge in [-0.15, -0.1) is 5.10 Å². The van der Waals surface area contributed by atoms with Crippen LogP contribution in [0.2, 0.25) is 5.15 Å². The Morgan fingerprint density at radius 2 is 2.11 bits per heavy atom. The molecule has 0 bridgehead atoms. The van der Waals surface area contributed by atoms with Gasteiger partial charge in [0.1, 0.15) is 5.15 Å². The van der Waals surface area contributed by atoms with Crippen molar-refractivity contribution < 1.29 is 4.79 Å². The van der Waals surface area contributed by atoms with Crippen LogP contribution in [0.15, 0.2) is 24.5 Å². The fourth-order valence-corrected chi connectivity index (χ4v) is 1.64. The molecule has 2 aromatic heterocycles. The van der Waals surface area contributed by atoms with E-state index in [0.29, 0.717) is 5.56 Å². The molecule has 2 rings (SSSR count). The second-order valence-electron chi connectivity index (χ2n) is 4.18. The first-order chi connectivity index (χ1) is 9.06. The Hall–Kier alpha value is -2.08. The third-order valence-electron chi connectivity index (χ3n) is 2.38. The number of nitrogens with zero attached hydrogens (tertiary/aromatic N) is 4. The Bertz CT molecular complexity index is 588. The lowest BCUT2D eigenvalue weighted by Gasteiger charge is -2.08. The Morgan fingerprint density at radius 3 is 2.74 bits per heavy atom. The summed E-state index contributed by atoms with van der Waals surface area (Å²) >= 11 is 5.91. The van der Waals surface area contributed by atoms with E-state index in [4.69, 9.17) is 11.6 Å². The number of rotatable bonds is 3. The van der Waals surface area contributed by atoms with Gasteiger partial charge in [0.2, 0.25) is 5.95 Å². The van der Waals surface area contributed by atoms with Crippen LogP contribution in [-0.4, -0.2) is 26.1 Å². The molecule has 2 aromatic rings. The molecule has 0 radical (unpaired) electrons. The van der Waals surface area contributed by atoms with Crippen LogP contribution in [0.5, 0.6) is 0 Å². The highest BCUT2D eigenvalue weighted by Crippen LogP contribution is 2.18. The first-order valence-electron chi connectivity index (χ1n) is 5.69. The molecule has 1 amide bonds. The number of carbonyl (C=O) groups excluding carboxylic acids is 1. The highest BCUT2D eigenvalue weighted by molar-refractivity contribution is 6.29. The average Bonchev–Trinajstić information content (AvgIpc) is 2.39. The second-order valence-corrected chi connectivity index (χ2v) is 4.57.